The van der Waals surface area contributed by atoms with Gasteiger partial charge in [-0.2, -0.15) is 0 Å². The van der Waals surface area contributed by atoms with Gasteiger partial charge >= 0.3 is 0 Å². The van der Waals surface area contributed by atoms with Crippen LogP contribution in [0.15, 0.2) is 36.4 Å². The molecule has 3 rings (SSSR count). The highest BCUT2D eigenvalue weighted by molar-refractivity contribution is 6.36. The molecule has 1 nitrogen and oxygen atoms in total. The van der Waals surface area contributed by atoms with Crippen LogP contribution in [0.2, 0.25) is 15.1 Å². The van der Waals surface area contributed by atoms with Crippen LogP contribution in [0.1, 0.15) is 31.0 Å². The molecule has 1 unspecified atom stereocenters. The van der Waals surface area contributed by atoms with Gasteiger partial charge in [-0.15, -0.1) is 0 Å². The van der Waals surface area contributed by atoms with Crippen molar-refractivity contribution in [3.8, 4) is 0 Å². The van der Waals surface area contributed by atoms with Crippen molar-refractivity contribution in [1.29, 1.82) is 0 Å². The minimum absolute atomic E-state index is 0.0932. The molecule has 2 aromatic carbocycles. The second-order valence-electron chi connectivity index (χ2n) is 6.21. The van der Waals surface area contributed by atoms with Gasteiger partial charge in [0.2, 0.25) is 0 Å². The molecule has 0 amide bonds. The van der Waals surface area contributed by atoms with Crippen LogP contribution in [0.3, 0.4) is 0 Å². The highest BCUT2D eigenvalue weighted by Crippen LogP contribution is 2.48. The van der Waals surface area contributed by atoms with Gasteiger partial charge in [0.15, 0.2) is 0 Å². The van der Waals surface area contributed by atoms with E-state index in [1.165, 1.54) is 11.1 Å². The number of fused-ring (bicyclic) bond motifs is 1. The Balaban J connectivity index is 1.99. The predicted molar refractivity (Wildman–Crippen MR) is 91.8 cm³/mol. The Morgan fingerprint density at radius 2 is 1.67 bits per heavy atom. The second kappa shape index (κ2) is 5.39. The van der Waals surface area contributed by atoms with E-state index in [2.05, 4.69) is 25.2 Å². The third-order valence-electron chi connectivity index (χ3n) is 4.08. The molecule has 4 heteroatoms. The zero-order valence-corrected chi connectivity index (χ0v) is 14.2. The van der Waals surface area contributed by atoms with E-state index in [9.17, 15) is 0 Å². The maximum absolute atomic E-state index is 6.29. The summed E-state index contributed by atoms with van der Waals surface area (Å²) in [7, 11) is 0. The van der Waals surface area contributed by atoms with Crippen LogP contribution >= 0.6 is 34.8 Å². The second-order valence-corrected chi connectivity index (χ2v) is 7.49. The van der Waals surface area contributed by atoms with Crippen molar-refractivity contribution in [3.63, 3.8) is 0 Å². The molecule has 1 atom stereocenters. The monoisotopic (exact) mass is 339 g/mol. The molecule has 0 aromatic heterocycles. The molecule has 1 aliphatic rings. The van der Waals surface area contributed by atoms with Gasteiger partial charge in [-0.25, -0.2) is 0 Å². The standard InChI is InChI=1S/C17H16Cl3N/c1-17(2)9-10-3-4-11(18)7-13(10)16(17)21-15-6-5-12(19)8-14(15)20/h3-8,16,21H,9H2,1-2H3. The number of hydrogen-bond acceptors (Lipinski definition) is 1. The van der Waals surface area contributed by atoms with Crippen LogP contribution in [0.5, 0.6) is 0 Å². The van der Waals surface area contributed by atoms with Crippen molar-refractivity contribution >= 4 is 40.5 Å². The average molecular weight is 341 g/mol. The molecule has 0 aliphatic heterocycles. The van der Waals surface area contributed by atoms with Crippen LogP contribution in [-0.2, 0) is 6.42 Å². The first-order valence-corrected chi connectivity index (χ1v) is 8.00. The van der Waals surface area contributed by atoms with Crippen LogP contribution in [0, 0.1) is 5.41 Å². The molecule has 0 heterocycles. The molecule has 2 aromatic rings. The fourth-order valence-electron chi connectivity index (χ4n) is 3.04. The Labute approximate surface area is 140 Å². The summed E-state index contributed by atoms with van der Waals surface area (Å²) in [6.45, 7) is 4.50. The van der Waals surface area contributed by atoms with Gasteiger partial charge in [0.05, 0.1) is 16.8 Å². The minimum Gasteiger partial charge on any atom is -0.376 e. The summed E-state index contributed by atoms with van der Waals surface area (Å²) < 4.78 is 0. The normalized spacial score (nSPS) is 19.4. The largest absolute Gasteiger partial charge is 0.376 e. The van der Waals surface area contributed by atoms with Crippen molar-refractivity contribution in [2.24, 2.45) is 5.41 Å². The minimum atomic E-state index is 0.0932. The van der Waals surface area contributed by atoms with Crippen LogP contribution in [0.4, 0.5) is 5.69 Å². The van der Waals surface area contributed by atoms with Crippen LogP contribution in [0.25, 0.3) is 0 Å². The van der Waals surface area contributed by atoms with Crippen molar-refractivity contribution in [1.82, 2.24) is 0 Å². The quantitative estimate of drug-likeness (QED) is 0.668. The van der Waals surface area contributed by atoms with E-state index >= 15 is 0 Å². The molecule has 0 radical (unpaired) electrons. The van der Waals surface area contributed by atoms with E-state index in [-0.39, 0.29) is 11.5 Å². The van der Waals surface area contributed by atoms with Gasteiger partial charge in [-0.05, 0) is 53.3 Å². The zero-order valence-electron chi connectivity index (χ0n) is 11.9. The maximum Gasteiger partial charge on any atom is 0.0652 e. The molecule has 21 heavy (non-hydrogen) atoms. The van der Waals surface area contributed by atoms with Crippen molar-refractivity contribution in [2.75, 3.05) is 5.32 Å². The first-order valence-electron chi connectivity index (χ1n) is 6.87. The van der Waals surface area contributed by atoms with Gasteiger partial charge in [0.1, 0.15) is 0 Å². The third-order valence-corrected chi connectivity index (χ3v) is 4.86. The van der Waals surface area contributed by atoms with E-state index < -0.39 is 0 Å². The zero-order chi connectivity index (χ0) is 15.2. The molecule has 0 saturated heterocycles. The number of benzene rings is 2. The molecule has 0 spiro atoms. The highest BCUT2D eigenvalue weighted by Gasteiger charge is 2.39. The molecule has 0 bridgehead atoms. The van der Waals surface area contributed by atoms with E-state index in [4.69, 9.17) is 34.8 Å². The van der Waals surface area contributed by atoms with Gasteiger partial charge in [0.25, 0.3) is 0 Å². The lowest BCUT2D eigenvalue weighted by Crippen LogP contribution is -2.24. The number of hydrogen-bond donors (Lipinski definition) is 1. The fourth-order valence-corrected chi connectivity index (χ4v) is 3.69. The Bertz CT molecular complexity index is 694. The lowest BCUT2D eigenvalue weighted by molar-refractivity contribution is 0.337. The Kier molecular flexibility index (Phi) is 3.85. The smallest absolute Gasteiger partial charge is 0.0652 e. The Morgan fingerprint density at radius 1 is 1.00 bits per heavy atom. The van der Waals surface area contributed by atoms with Gasteiger partial charge in [-0.3, -0.25) is 0 Å². The van der Waals surface area contributed by atoms with Crippen molar-refractivity contribution in [3.05, 3.63) is 62.6 Å². The van der Waals surface area contributed by atoms with Crippen molar-refractivity contribution < 1.29 is 0 Å². The number of nitrogens with one attached hydrogen (secondary N) is 1. The van der Waals surface area contributed by atoms with Gasteiger partial charge in [0, 0.05) is 10.0 Å². The average Bonchev–Trinajstić information content (AvgIpc) is 2.63. The SMILES string of the molecule is CC1(C)Cc2ccc(Cl)cc2C1Nc1ccc(Cl)cc1Cl. The van der Waals surface area contributed by atoms with E-state index in [1.807, 2.05) is 24.3 Å². The maximum atomic E-state index is 6.29. The molecule has 110 valence electrons. The lowest BCUT2D eigenvalue weighted by atomic mass is 9.85. The predicted octanol–water partition coefficient (Wildman–Crippen LogP) is 6.38. The van der Waals surface area contributed by atoms with E-state index in [0.29, 0.717) is 10.0 Å². The summed E-state index contributed by atoms with van der Waals surface area (Å²) in [5.74, 6) is 0. The Morgan fingerprint density at radius 3 is 2.38 bits per heavy atom. The Hall–Kier alpha value is -0.890. The summed E-state index contributed by atoms with van der Waals surface area (Å²) in [6.07, 6.45) is 1.02. The number of rotatable bonds is 2. The van der Waals surface area contributed by atoms with Crippen molar-refractivity contribution in [2.45, 2.75) is 26.3 Å². The highest BCUT2D eigenvalue weighted by atomic mass is 35.5. The molecule has 1 aliphatic carbocycles. The fraction of sp³-hybridized carbons (Fsp3) is 0.294. The number of halogens is 3. The summed E-state index contributed by atoms with van der Waals surface area (Å²) in [5.41, 5.74) is 3.58. The van der Waals surface area contributed by atoms with E-state index in [1.54, 1.807) is 6.07 Å². The van der Waals surface area contributed by atoms with Gasteiger partial charge in [-0.1, -0.05) is 54.7 Å². The van der Waals surface area contributed by atoms with Gasteiger partial charge < -0.3 is 5.32 Å². The topological polar surface area (TPSA) is 12.0 Å². The first-order chi connectivity index (χ1) is 9.87. The summed E-state index contributed by atoms with van der Waals surface area (Å²) in [5, 5.41) is 5.60. The summed E-state index contributed by atoms with van der Waals surface area (Å²) in [6, 6.07) is 11.8. The lowest BCUT2D eigenvalue weighted by Gasteiger charge is -2.30. The molecule has 0 fully saturated rings. The molecule has 1 N–H and O–H groups in total. The molecular formula is C17H16Cl3N. The first kappa shape index (κ1) is 15.0. The summed E-state index contributed by atoms with van der Waals surface area (Å²) in [4.78, 5) is 0. The summed E-state index contributed by atoms with van der Waals surface area (Å²) >= 11 is 18.4. The number of anilines is 1. The molecule has 0 saturated carbocycles. The third kappa shape index (κ3) is 2.88. The molecular weight excluding hydrogens is 325 g/mol. The van der Waals surface area contributed by atoms with Crippen LogP contribution < -0.4 is 5.32 Å². The van der Waals surface area contributed by atoms with Crippen LogP contribution in [-0.4, -0.2) is 0 Å². The van der Waals surface area contributed by atoms with E-state index in [0.717, 1.165) is 17.1 Å².